The quantitative estimate of drug-likeness (QED) is 0.693. The van der Waals surface area contributed by atoms with Crippen molar-refractivity contribution in [2.75, 3.05) is 14.2 Å². The summed E-state index contributed by atoms with van der Waals surface area (Å²) in [7, 11) is 3.00. The van der Waals surface area contributed by atoms with E-state index in [-0.39, 0.29) is 0 Å². The molecule has 0 atom stereocenters. The summed E-state index contributed by atoms with van der Waals surface area (Å²) in [6.45, 7) is 2.48. The predicted molar refractivity (Wildman–Crippen MR) is 85.7 cm³/mol. The fraction of sp³-hybridized carbons (Fsp3) is 0.235. The van der Waals surface area contributed by atoms with Crippen LogP contribution in [0.3, 0.4) is 0 Å². The summed E-state index contributed by atoms with van der Waals surface area (Å²) in [6.07, 6.45) is 1.57. The number of hydrogen-bond acceptors (Lipinski definition) is 5. The Morgan fingerprint density at radius 1 is 1.17 bits per heavy atom. The topological polar surface area (TPSA) is 66.2 Å². The number of ether oxygens (including phenoxy) is 2. The van der Waals surface area contributed by atoms with Crippen molar-refractivity contribution in [3.05, 3.63) is 53.5 Å². The molecule has 0 N–H and O–H groups in total. The summed E-state index contributed by atoms with van der Waals surface area (Å²) >= 11 is 0. The molecule has 0 bridgehead atoms. The first-order valence-electron chi connectivity index (χ1n) is 7.17. The van der Waals surface area contributed by atoms with E-state index in [4.69, 9.17) is 9.47 Å². The van der Waals surface area contributed by atoms with E-state index in [0.717, 1.165) is 17.1 Å². The van der Waals surface area contributed by atoms with Crippen LogP contribution in [0.4, 0.5) is 0 Å². The van der Waals surface area contributed by atoms with E-state index >= 15 is 0 Å². The molecule has 0 amide bonds. The molecule has 0 fully saturated rings. The molecule has 2 aromatic heterocycles. The van der Waals surface area contributed by atoms with Crippen LogP contribution in [0, 0.1) is 6.92 Å². The maximum absolute atomic E-state index is 12.0. The van der Waals surface area contributed by atoms with Crippen molar-refractivity contribution >= 4 is 17.1 Å². The van der Waals surface area contributed by atoms with Gasteiger partial charge in [0.25, 0.3) is 0 Å². The van der Waals surface area contributed by atoms with Gasteiger partial charge in [-0.3, -0.25) is 0 Å². The second kappa shape index (κ2) is 6.08. The highest BCUT2D eigenvalue weighted by molar-refractivity contribution is 6.01. The van der Waals surface area contributed by atoms with Crippen LogP contribution in [-0.2, 0) is 11.3 Å². The van der Waals surface area contributed by atoms with Crippen molar-refractivity contribution in [2.45, 2.75) is 13.5 Å². The SMILES string of the molecule is COC(=O)c1ccnc2nc(C)n(Cc3ccc(OC)cc3)c12. The van der Waals surface area contributed by atoms with E-state index in [2.05, 4.69) is 9.97 Å². The maximum atomic E-state index is 12.0. The maximum Gasteiger partial charge on any atom is 0.340 e. The molecule has 3 rings (SSSR count). The van der Waals surface area contributed by atoms with Crippen LogP contribution in [0.5, 0.6) is 5.75 Å². The zero-order valence-corrected chi connectivity index (χ0v) is 13.2. The number of methoxy groups -OCH3 is 2. The molecule has 23 heavy (non-hydrogen) atoms. The number of carbonyl (C=O) groups excluding carboxylic acids is 1. The van der Waals surface area contributed by atoms with E-state index < -0.39 is 5.97 Å². The standard InChI is InChI=1S/C17H17N3O3/c1-11-19-16-15(14(8-9-18-16)17(21)23-3)20(11)10-12-4-6-13(22-2)7-5-12/h4-9H,10H2,1-3H3. The summed E-state index contributed by atoms with van der Waals surface area (Å²) in [5.74, 6) is 1.20. The fourth-order valence-electron chi connectivity index (χ4n) is 2.55. The second-order valence-electron chi connectivity index (χ2n) is 5.12. The molecule has 0 saturated carbocycles. The zero-order chi connectivity index (χ0) is 16.4. The van der Waals surface area contributed by atoms with Gasteiger partial charge >= 0.3 is 5.97 Å². The number of carbonyl (C=O) groups is 1. The third-order valence-corrected chi connectivity index (χ3v) is 3.74. The van der Waals surface area contributed by atoms with E-state index in [1.165, 1.54) is 7.11 Å². The van der Waals surface area contributed by atoms with Crippen LogP contribution >= 0.6 is 0 Å². The first-order valence-corrected chi connectivity index (χ1v) is 7.17. The summed E-state index contributed by atoms with van der Waals surface area (Å²) in [5, 5.41) is 0. The smallest absolute Gasteiger partial charge is 0.340 e. The van der Waals surface area contributed by atoms with Crippen LogP contribution in [0.1, 0.15) is 21.7 Å². The Balaban J connectivity index is 2.08. The van der Waals surface area contributed by atoms with Gasteiger partial charge in [0, 0.05) is 12.7 Å². The Morgan fingerprint density at radius 3 is 2.57 bits per heavy atom. The van der Waals surface area contributed by atoms with Crippen LogP contribution in [-0.4, -0.2) is 34.7 Å². The van der Waals surface area contributed by atoms with Gasteiger partial charge in [0.15, 0.2) is 5.65 Å². The molecule has 0 spiro atoms. The highest BCUT2D eigenvalue weighted by Gasteiger charge is 2.18. The first-order chi connectivity index (χ1) is 11.1. The molecule has 0 saturated heterocycles. The number of esters is 1. The Morgan fingerprint density at radius 2 is 1.91 bits per heavy atom. The zero-order valence-electron chi connectivity index (χ0n) is 13.2. The molecule has 2 heterocycles. The molecule has 3 aromatic rings. The molecule has 6 nitrogen and oxygen atoms in total. The van der Waals surface area contributed by atoms with Crippen molar-refractivity contribution in [2.24, 2.45) is 0 Å². The lowest BCUT2D eigenvalue weighted by molar-refractivity contribution is 0.0602. The number of aryl methyl sites for hydroxylation is 1. The Bertz CT molecular complexity index is 853. The first kappa shape index (κ1) is 15.0. The largest absolute Gasteiger partial charge is 0.497 e. The average molecular weight is 311 g/mol. The van der Waals surface area contributed by atoms with Crippen molar-refractivity contribution < 1.29 is 14.3 Å². The second-order valence-corrected chi connectivity index (χ2v) is 5.12. The molecule has 0 radical (unpaired) electrons. The number of hydrogen-bond donors (Lipinski definition) is 0. The Hall–Kier alpha value is -2.89. The van der Waals surface area contributed by atoms with Gasteiger partial charge < -0.3 is 14.0 Å². The van der Waals surface area contributed by atoms with Gasteiger partial charge in [0.2, 0.25) is 0 Å². The van der Waals surface area contributed by atoms with Crippen molar-refractivity contribution in [1.29, 1.82) is 0 Å². The van der Waals surface area contributed by atoms with E-state index in [9.17, 15) is 4.79 Å². The highest BCUT2D eigenvalue weighted by Crippen LogP contribution is 2.21. The predicted octanol–water partition coefficient (Wildman–Crippen LogP) is 2.58. The van der Waals surface area contributed by atoms with Gasteiger partial charge in [-0.2, -0.15) is 0 Å². The molecular weight excluding hydrogens is 294 g/mol. The number of pyridine rings is 1. The van der Waals surface area contributed by atoms with Crippen LogP contribution in [0.2, 0.25) is 0 Å². The van der Waals surface area contributed by atoms with Crippen LogP contribution in [0.25, 0.3) is 11.2 Å². The third-order valence-electron chi connectivity index (χ3n) is 3.74. The van der Waals surface area contributed by atoms with Gasteiger partial charge in [-0.1, -0.05) is 12.1 Å². The van der Waals surface area contributed by atoms with E-state index in [0.29, 0.717) is 23.3 Å². The van der Waals surface area contributed by atoms with Gasteiger partial charge in [-0.15, -0.1) is 0 Å². The summed E-state index contributed by atoms with van der Waals surface area (Å²) in [5.41, 5.74) is 2.77. The van der Waals surface area contributed by atoms with Gasteiger partial charge in [0.05, 0.1) is 19.8 Å². The van der Waals surface area contributed by atoms with Gasteiger partial charge in [-0.25, -0.2) is 14.8 Å². The minimum atomic E-state index is -0.395. The number of nitrogens with zero attached hydrogens (tertiary/aromatic N) is 3. The fourth-order valence-corrected chi connectivity index (χ4v) is 2.55. The van der Waals surface area contributed by atoms with Crippen molar-refractivity contribution in [3.8, 4) is 5.75 Å². The molecule has 1 aromatic carbocycles. The lowest BCUT2D eigenvalue weighted by Crippen LogP contribution is -2.08. The number of rotatable bonds is 4. The molecule has 0 aliphatic heterocycles. The minimum Gasteiger partial charge on any atom is -0.497 e. The van der Waals surface area contributed by atoms with E-state index in [1.54, 1.807) is 19.4 Å². The summed E-state index contributed by atoms with van der Waals surface area (Å²) in [6, 6.07) is 9.43. The number of benzene rings is 1. The molecule has 0 aliphatic carbocycles. The number of aromatic nitrogens is 3. The normalized spacial score (nSPS) is 10.7. The summed E-state index contributed by atoms with van der Waals surface area (Å²) in [4.78, 5) is 20.7. The number of imidazole rings is 1. The monoisotopic (exact) mass is 311 g/mol. The molecule has 6 heteroatoms. The molecular formula is C17H17N3O3. The van der Waals surface area contributed by atoms with Crippen molar-refractivity contribution in [3.63, 3.8) is 0 Å². The average Bonchev–Trinajstić information content (AvgIpc) is 2.90. The Kier molecular flexibility index (Phi) is 3.97. The Labute approximate surface area is 133 Å². The molecule has 0 unspecified atom stereocenters. The molecule has 118 valence electrons. The van der Waals surface area contributed by atoms with Gasteiger partial charge in [-0.05, 0) is 30.7 Å². The van der Waals surface area contributed by atoms with Crippen LogP contribution < -0.4 is 4.74 Å². The van der Waals surface area contributed by atoms with Gasteiger partial charge in [0.1, 0.15) is 17.1 Å². The van der Waals surface area contributed by atoms with Crippen LogP contribution in [0.15, 0.2) is 36.5 Å². The molecule has 0 aliphatic rings. The lowest BCUT2D eigenvalue weighted by atomic mass is 10.2. The number of fused-ring (bicyclic) bond motifs is 1. The highest BCUT2D eigenvalue weighted by atomic mass is 16.5. The van der Waals surface area contributed by atoms with Crippen molar-refractivity contribution in [1.82, 2.24) is 14.5 Å². The third kappa shape index (κ3) is 2.75. The minimum absolute atomic E-state index is 0.395. The van der Waals surface area contributed by atoms with E-state index in [1.807, 2.05) is 35.8 Å². The summed E-state index contributed by atoms with van der Waals surface area (Å²) < 4.78 is 12.0. The lowest BCUT2D eigenvalue weighted by Gasteiger charge is -2.10.